The van der Waals surface area contributed by atoms with E-state index in [1.54, 1.807) is 31.3 Å². The lowest BCUT2D eigenvalue weighted by atomic mass is 10.2. The second kappa shape index (κ2) is 9.74. The van der Waals surface area contributed by atoms with Crippen LogP contribution in [0.3, 0.4) is 0 Å². The first-order valence-electron chi connectivity index (χ1n) is 10.1. The van der Waals surface area contributed by atoms with Gasteiger partial charge in [0.2, 0.25) is 11.7 Å². The smallest absolute Gasteiger partial charge is 0.226 e. The van der Waals surface area contributed by atoms with Gasteiger partial charge in [0.1, 0.15) is 5.75 Å². The van der Waals surface area contributed by atoms with Crippen molar-refractivity contribution in [2.45, 2.75) is 37.9 Å². The van der Waals surface area contributed by atoms with Crippen LogP contribution in [0.15, 0.2) is 58.5 Å². The van der Waals surface area contributed by atoms with Crippen molar-refractivity contribution in [3.8, 4) is 28.5 Å². The average Bonchev–Trinajstić information content (AvgIpc) is 3.45. The second-order valence-electron chi connectivity index (χ2n) is 7.20. The largest absolute Gasteiger partial charge is 0.497 e. The van der Waals surface area contributed by atoms with Crippen molar-refractivity contribution in [2.24, 2.45) is 0 Å². The molecule has 0 aliphatic rings. The fourth-order valence-corrected chi connectivity index (χ4v) is 4.15. The van der Waals surface area contributed by atoms with E-state index in [4.69, 9.17) is 9.26 Å². The summed E-state index contributed by atoms with van der Waals surface area (Å²) in [7, 11) is 1.66. The molecule has 0 unspecified atom stereocenters. The van der Waals surface area contributed by atoms with Crippen molar-refractivity contribution >= 4 is 11.8 Å². The third kappa shape index (κ3) is 4.93. The number of hydrogen-bond acceptors (Lipinski definition) is 8. The summed E-state index contributed by atoms with van der Waals surface area (Å²) in [5.74, 6) is 3.78. The molecule has 3 aromatic heterocycles. The molecule has 9 heteroatoms. The minimum atomic E-state index is 0.244. The zero-order chi connectivity index (χ0) is 21.6. The third-order valence-electron chi connectivity index (χ3n) is 4.70. The van der Waals surface area contributed by atoms with E-state index in [9.17, 15) is 0 Å². The van der Waals surface area contributed by atoms with Crippen molar-refractivity contribution in [1.29, 1.82) is 0 Å². The number of aryl methyl sites for hydroxylation is 1. The van der Waals surface area contributed by atoms with Crippen LogP contribution in [0.25, 0.3) is 22.8 Å². The van der Waals surface area contributed by atoms with Gasteiger partial charge in [-0.1, -0.05) is 16.9 Å². The Bertz CT molecular complexity index is 1110. The number of methoxy groups -OCH3 is 1. The monoisotopic (exact) mass is 436 g/mol. The molecule has 160 valence electrons. The number of ether oxygens (including phenoxy) is 1. The van der Waals surface area contributed by atoms with Gasteiger partial charge in [0.25, 0.3) is 0 Å². The predicted molar refractivity (Wildman–Crippen MR) is 119 cm³/mol. The number of benzene rings is 1. The Labute approximate surface area is 185 Å². The Hall–Kier alpha value is -3.20. The number of hydrogen-bond donors (Lipinski definition) is 0. The van der Waals surface area contributed by atoms with Gasteiger partial charge in [0.05, 0.1) is 7.11 Å². The molecule has 0 atom stereocenters. The van der Waals surface area contributed by atoms with Crippen LogP contribution in [0.5, 0.6) is 5.75 Å². The highest BCUT2D eigenvalue weighted by Gasteiger charge is 2.17. The molecular formula is C22H24N6O2S. The molecule has 0 aliphatic heterocycles. The first-order valence-corrected chi connectivity index (χ1v) is 11.1. The molecule has 4 rings (SSSR count). The van der Waals surface area contributed by atoms with E-state index in [0.717, 1.165) is 40.0 Å². The molecule has 0 fully saturated rings. The maximum atomic E-state index is 5.38. The van der Waals surface area contributed by atoms with Gasteiger partial charge >= 0.3 is 0 Å². The number of rotatable bonds is 9. The third-order valence-corrected chi connectivity index (χ3v) is 5.73. The molecule has 0 amide bonds. The fourth-order valence-electron chi connectivity index (χ4n) is 3.14. The highest BCUT2D eigenvalue weighted by Crippen LogP contribution is 2.29. The van der Waals surface area contributed by atoms with E-state index in [0.29, 0.717) is 18.1 Å². The van der Waals surface area contributed by atoms with E-state index in [-0.39, 0.29) is 6.04 Å². The summed E-state index contributed by atoms with van der Waals surface area (Å²) in [6.45, 7) is 4.28. The van der Waals surface area contributed by atoms with Crippen LogP contribution in [0.4, 0.5) is 0 Å². The van der Waals surface area contributed by atoms with Crippen molar-refractivity contribution in [3.05, 3.63) is 54.7 Å². The summed E-state index contributed by atoms with van der Waals surface area (Å²) in [5.41, 5.74) is 1.92. The molecular weight excluding hydrogens is 412 g/mol. The van der Waals surface area contributed by atoms with E-state index in [1.165, 1.54) is 0 Å². The minimum absolute atomic E-state index is 0.244. The number of aromatic nitrogens is 6. The Balaban J connectivity index is 1.37. The van der Waals surface area contributed by atoms with Crippen LogP contribution in [-0.4, -0.2) is 42.8 Å². The molecule has 0 bridgehead atoms. The second-order valence-corrected chi connectivity index (χ2v) is 8.26. The van der Waals surface area contributed by atoms with E-state index in [2.05, 4.69) is 43.7 Å². The zero-order valence-corrected chi connectivity index (χ0v) is 18.5. The van der Waals surface area contributed by atoms with Crippen LogP contribution < -0.4 is 4.74 Å². The first kappa shape index (κ1) is 21.0. The van der Waals surface area contributed by atoms with Crippen LogP contribution in [0.2, 0.25) is 0 Å². The van der Waals surface area contributed by atoms with Gasteiger partial charge in [0.15, 0.2) is 11.0 Å². The van der Waals surface area contributed by atoms with Gasteiger partial charge in [-0.15, -0.1) is 10.2 Å². The standard InChI is InChI=1S/C22H24N6O2S/c1-15(2)28-21(17-6-8-18(29-3)9-7-17)25-26-22(28)31-14-4-5-19-24-20(27-30-19)16-10-12-23-13-11-16/h6-13,15H,4-5,14H2,1-3H3. The molecule has 3 heterocycles. The van der Waals surface area contributed by atoms with Crippen LogP contribution in [0.1, 0.15) is 32.2 Å². The SMILES string of the molecule is COc1ccc(-c2nnc(SCCCc3nc(-c4ccncc4)no3)n2C(C)C)cc1. The highest BCUT2D eigenvalue weighted by atomic mass is 32.2. The topological polar surface area (TPSA) is 91.8 Å². The van der Waals surface area contributed by atoms with Gasteiger partial charge in [-0.05, 0) is 56.7 Å². The normalized spacial score (nSPS) is 11.2. The minimum Gasteiger partial charge on any atom is -0.497 e. The highest BCUT2D eigenvalue weighted by molar-refractivity contribution is 7.99. The molecule has 0 aliphatic carbocycles. The molecule has 31 heavy (non-hydrogen) atoms. The quantitative estimate of drug-likeness (QED) is 0.275. The van der Waals surface area contributed by atoms with E-state index >= 15 is 0 Å². The number of nitrogens with zero attached hydrogens (tertiary/aromatic N) is 6. The maximum Gasteiger partial charge on any atom is 0.226 e. The van der Waals surface area contributed by atoms with Gasteiger partial charge in [0, 0.05) is 41.7 Å². The van der Waals surface area contributed by atoms with E-state index < -0.39 is 0 Å². The fraction of sp³-hybridized carbons (Fsp3) is 0.318. The van der Waals surface area contributed by atoms with Crippen molar-refractivity contribution in [1.82, 2.24) is 29.9 Å². The Kier molecular flexibility index (Phi) is 6.61. The number of thioether (sulfide) groups is 1. The van der Waals surface area contributed by atoms with Gasteiger partial charge in [-0.25, -0.2) is 0 Å². The van der Waals surface area contributed by atoms with Gasteiger partial charge < -0.3 is 9.26 Å². The molecule has 4 aromatic rings. The summed E-state index contributed by atoms with van der Waals surface area (Å²) in [4.78, 5) is 8.48. The van der Waals surface area contributed by atoms with Crippen LogP contribution >= 0.6 is 11.8 Å². The molecule has 0 N–H and O–H groups in total. The molecule has 0 radical (unpaired) electrons. The van der Waals surface area contributed by atoms with Gasteiger partial charge in [-0.3, -0.25) is 9.55 Å². The zero-order valence-electron chi connectivity index (χ0n) is 17.7. The molecule has 0 saturated carbocycles. The summed E-state index contributed by atoms with van der Waals surface area (Å²) in [5, 5.41) is 13.8. The lowest BCUT2D eigenvalue weighted by Crippen LogP contribution is -2.05. The van der Waals surface area contributed by atoms with Gasteiger partial charge in [-0.2, -0.15) is 4.98 Å². The summed E-state index contributed by atoms with van der Waals surface area (Å²) >= 11 is 1.69. The van der Waals surface area contributed by atoms with Crippen LogP contribution in [0, 0.1) is 0 Å². The maximum absolute atomic E-state index is 5.38. The molecule has 1 aromatic carbocycles. The van der Waals surface area contributed by atoms with Crippen molar-refractivity contribution in [3.63, 3.8) is 0 Å². The Morgan fingerprint density at radius 2 is 1.81 bits per heavy atom. The predicted octanol–water partition coefficient (Wildman–Crippen LogP) is 4.70. The molecule has 0 spiro atoms. The van der Waals surface area contributed by atoms with Crippen molar-refractivity contribution < 1.29 is 9.26 Å². The van der Waals surface area contributed by atoms with Crippen molar-refractivity contribution in [2.75, 3.05) is 12.9 Å². The first-order chi connectivity index (χ1) is 15.2. The molecule has 8 nitrogen and oxygen atoms in total. The van der Waals surface area contributed by atoms with E-state index in [1.807, 2.05) is 36.4 Å². The van der Waals surface area contributed by atoms with Crippen LogP contribution in [-0.2, 0) is 6.42 Å². The Morgan fingerprint density at radius 1 is 1.03 bits per heavy atom. The summed E-state index contributed by atoms with van der Waals surface area (Å²) in [6.07, 6.45) is 5.04. The Morgan fingerprint density at radius 3 is 2.52 bits per heavy atom. The summed E-state index contributed by atoms with van der Waals surface area (Å²) < 4.78 is 12.8. The lowest BCUT2D eigenvalue weighted by molar-refractivity contribution is 0.378. The lowest BCUT2D eigenvalue weighted by Gasteiger charge is -2.13. The number of pyridine rings is 1. The summed E-state index contributed by atoms with van der Waals surface area (Å²) in [6, 6.07) is 11.9. The average molecular weight is 437 g/mol. The molecule has 0 saturated heterocycles.